The van der Waals surface area contributed by atoms with Crippen LogP contribution in [0.15, 0.2) is 48.5 Å². The number of halogens is 3. The van der Waals surface area contributed by atoms with E-state index in [1.807, 2.05) is 0 Å². The van der Waals surface area contributed by atoms with Gasteiger partial charge in [0.2, 0.25) is 0 Å². The van der Waals surface area contributed by atoms with Crippen molar-refractivity contribution in [3.05, 3.63) is 64.2 Å². The third-order valence-electron chi connectivity index (χ3n) is 2.60. The maximum atomic E-state index is 13.0. The van der Waals surface area contributed by atoms with Crippen LogP contribution in [-0.4, -0.2) is 4.92 Å². The Hall–Kier alpha value is -2.37. The maximum absolute atomic E-state index is 13.0. The zero-order chi connectivity index (χ0) is 14.0. The molecule has 0 spiro atoms. The fourth-order valence-corrected chi connectivity index (χ4v) is 1.75. The van der Waals surface area contributed by atoms with Gasteiger partial charge in [-0.1, -0.05) is 30.3 Å². The number of non-ortho nitro benzene ring substituents is 1. The van der Waals surface area contributed by atoms with Gasteiger partial charge in [0.1, 0.15) is 0 Å². The predicted molar refractivity (Wildman–Crippen MR) is 63.5 cm³/mol. The highest BCUT2D eigenvalue weighted by Gasteiger charge is 2.35. The van der Waals surface area contributed by atoms with Crippen LogP contribution >= 0.6 is 0 Å². The molecule has 0 aliphatic carbocycles. The molecule has 0 aliphatic heterocycles. The first-order chi connectivity index (χ1) is 8.89. The number of nitro groups is 1. The van der Waals surface area contributed by atoms with E-state index in [0.717, 1.165) is 12.1 Å². The third kappa shape index (κ3) is 2.73. The Kier molecular flexibility index (Phi) is 3.25. The van der Waals surface area contributed by atoms with Crippen molar-refractivity contribution in [1.82, 2.24) is 0 Å². The van der Waals surface area contributed by atoms with Gasteiger partial charge in [-0.15, -0.1) is 0 Å². The summed E-state index contributed by atoms with van der Waals surface area (Å²) in [6, 6.07) is 10.7. The van der Waals surface area contributed by atoms with Gasteiger partial charge >= 0.3 is 6.18 Å². The van der Waals surface area contributed by atoms with Crippen LogP contribution in [0.5, 0.6) is 0 Å². The van der Waals surface area contributed by atoms with Crippen LogP contribution in [0.4, 0.5) is 18.9 Å². The summed E-state index contributed by atoms with van der Waals surface area (Å²) >= 11 is 0. The van der Waals surface area contributed by atoms with Crippen molar-refractivity contribution in [3.63, 3.8) is 0 Å². The Balaban J connectivity index is 2.65. The number of benzene rings is 2. The largest absolute Gasteiger partial charge is 0.417 e. The fourth-order valence-electron chi connectivity index (χ4n) is 1.75. The van der Waals surface area contributed by atoms with Crippen LogP contribution < -0.4 is 0 Å². The zero-order valence-electron chi connectivity index (χ0n) is 9.52. The number of nitro benzene ring substituents is 1. The van der Waals surface area contributed by atoms with Crippen LogP contribution in [0.2, 0.25) is 0 Å². The highest BCUT2D eigenvalue weighted by Crippen LogP contribution is 2.38. The predicted octanol–water partition coefficient (Wildman–Crippen LogP) is 4.28. The van der Waals surface area contributed by atoms with Gasteiger partial charge in [-0.05, 0) is 17.2 Å². The molecule has 2 rings (SSSR count). The van der Waals surface area contributed by atoms with Gasteiger partial charge in [-0.25, -0.2) is 0 Å². The standard InChI is InChI=1S/C13H8F3NO2/c14-13(15,16)12-8-10(17(18)19)6-7-11(12)9-4-2-1-3-5-9/h1-8H. The lowest BCUT2D eigenvalue weighted by molar-refractivity contribution is -0.385. The lowest BCUT2D eigenvalue weighted by Crippen LogP contribution is -2.08. The molecule has 0 saturated carbocycles. The van der Waals surface area contributed by atoms with Crippen molar-refractivity contribution >= 4 is 5.69 Å². The van der Waals surface area contributed by atoms with Crippen molar-refractivity contribution in [3.8, 4) is 11.1 Å². The smallest absolute Gasteiger partial charge is 0.258 e. The molecule has 0 aliphatic rings. The molecular formula is C13H8F3NO2. The molecule has 0 bridgehead atoms. The monoisotopic (exact) mass is 267 g/mol. The molecule has 0 N–H and O–H groups in total. The molecule has 0 amide bonds. The van der Waals surface area contributed by atoms with E-state index in [1.165, 1.54) is 12.1 Å². The van der Waals surface area contributed by atoms with E-state index in [1.54, 1.807) is 18.2 Å². The number of hydrogen-bond donors (Lipinski definition) is 0. The summed E-state index contributed by atoms with van der Waals surface area (Å²) in [6.45, 7) is 0. The summed E-state index contributed by atoms with van der Waals surface area (Å²) in [5.41, 5.74) is -1.29. The average molecular weight is 267 g/mol. The first-order valence-corrected chi connectivity index (χ1v) is 5.30. The summed E-state index contributed by atoms with van der Waals surface area (Å²) in [5, 5.41) is 10.6. The van der Waals surface area contributed by atoms with Gasteiger partial charge in [0.05, 0.1) is 10.5 Å². The Morgan fingerprint density at radius 2 is 1.63 bits per heavy atom. The van der Waals surface area contributed by atoms with Crippen molar-refractivity contribution < 1.29 is 18.1 Å². The molecule has 0 heterocycles. The second-order valence-electron chi connectivity index (χ2n) is 3.85. The first kappa shape index (κ1) is 13.1. The van der Waals surface area contributed by atoms with Crippen molar-refractivity contribution in [2.75, 3.05) is 0 Å². The Bertz CT molecular complexity index is 609. The number of rotatable bonds is 2. The normalized spacial score (nSPS) is 11.3. The molecule has 3 nitrogen and oxygen atoms in total. The van der Waals surface area contributed by atoms with Crippen LogP contribution in [0, 0.1) is 10.1 Å². The molecule has 0 fully saturated rings. The van der Waals surface area contributed by atoms with Gasteiger partial charge in [-0.2, -0.15) is 13.2 Å². The molecule has 98 valence electrons. The molecule has 0 aromatic heterocycles. The van der Waals surface area contributed by atoms with E-state index < -0.39 is 22.4 Å². The minimum absolute atomic E-state index is 0.0706. The number of nitrogens with zero attached hydrogens (tertiary/aromatic N) is 1. The number of alkyl halides is 3. The molecule has 19 heavy (non-hydrogen) atoms. The number of hydrogen-bond acceptors (Lipinski definition) is 2. The Morgan fingerprint density at radius 1 is 1.00 bits per heavy atom. The van der Waals surface area contributed by atoms with Gasteiger partial charge < -0.3 is 0 Å². The van der Waals surface area contributed by atoms with Gasteiger partial charge in [0.15, 0.2) is 0 Å². The van der Waals surface area contributed by atoms with Crippen molar-refractivity contribution in [1.29, 1.82) is 0 Å². The van der Waals surface area contributed by atoms with Crippen LogP contribution in [0.25, 0.3) is 11.1 Å². The molecule has 6 heteroatoms. The third-order valence-corrected chi connectivity index (χ3v) is 2.60. The minimum atomic E-state index is -4.64. The quantitative estimate of drug-likeness (QED) is 0.602. The molecule has 0 unspecified atom stereocenters. The molecule has 0 radical (unpaired) electrons. The maximum Gasteiger partial charge on any atom is 0.417 e. The molecule has 2 aromatic carbocycles. The van der Waals surface area contributed by atoms with E-state index in [-0.39, 0.29) is 5.56 Å². The van der Waals surface area contributed by atoms with E-state index in [2.05, 4.69) is 0 Å². The second kappa shape index (κ2) is 4.72. The topological polar surface area (TPSA) is 43.1 Å². The summed E-state index contributed by atoms with van der Waals surface area (Å²) in [4.78, 5) is 9.72. The summed E-state index contributed by atoms with van der Waals surface area (Å²) < 4.78 is 38.9. The molecular weight excluding hydrogens is 259 g/mol. The highest BCUT2D eigenvalue weighted by atomic mass is 19.4. The lowest BCUT2D eigenvalue weighted by atomic mass is 9.99. The van der Waals surface area contributed by atoms with Crippen LogP contribution in [-0.2, 0) is 6.18 Å². The first-order valence-electron chi connectivity index (χ1n) is 5.30. The lowest BCUT2D eigenvalue weighted by Gasteiger charge is -2.12. The second-order valence-corrected chi connectivity index (χ2v) is 3.85. The van der Waals surface area contributed by atoms with E-state index in [9.17, 15) is 23.3 Å². The zero-order valence-corrected chi connectivity index (χ0v) is 9.52. The summed E-state index contributed by atoms with van der Waals surface area (Å²) in [6.07, 6.45) is -4.64. The van der Waals surface area contributed by atoms with Gasteiger partial charge in [0.25, 0.3) is 5.69 Å². The Morgan fingerprint density at radius 3 is 2.16 bits per heavy atom. The molecule has 0 atom stereocenters. The SMILES string of the molecule is O=[N+]([O-])c1ccc(-c2ccccc2)c(C(F)(F)F)c1. The van der Waals surface area contributed by atoms with Crippen molar-refractivity contribution in [2.24, 2.45) is 0 Å². The minimum Gasteiger partial charge on any atom is -0.258 e. The highest BCUT2D eigenvalue weighted by molar-refractivity contribution is 5.69. The van der Waals surface area contributed by atoms with E-state index >= 15 is 0 Å². The van der Waals surface area contributed by atoms with Crippen molar-refractivity contribution in [2.45, 2.75) is 6.18 Å². The fraction of sp³-hybridized carbons (Fsp3) is 0.0769. The van der Waals surface area contributed by atoms with Crippen LogP contribution in [0.3, 0.4) is 0 Å². The van der Waals surface area contributed by atoms with Gasteiger partial charge in [0, 0.05) is 12.1 Å². The van der Waals surface area contributed by atoms with E-state index in [4.69, 9.17) is 0 Å². The van der Waals surface area contributed by atoms with Gasteiger partial charge in [-0.3, -0.25) is 10.1 Å². The van der Waals surface area contributed by atoms with E-state index in [0.29, 0.717) is 11.6 Å². The Labute approximate surface area is 106 Å². The summed E-state index contributed by atoms with van der Waals surface area (Å²) in [7, 11) is 0. The molecule has 2 aromatic rings. The molecule has 0 saturated heterocycles. The van der Waals surface area contributed by atoms with Crippen LogP contribution in [0.1, 0.15) is 5.56 Å². The average Bonchev–Trinajstić information content (AvgIpc) is 2.38. The summed E-state index contributed by atoms with van der Waals surface area (Å²) in [5.74, 6) is 0.